The van der Waals surface area contributed by atoms with Gasteiger partial charge in [0, 0.05) is 17.0 Å². The molecule has 0 fully saturated rings. The third-order valence-electron chi connectivity index (χ3n) is 2.83. The molecular weight excluding hydrogens is 288 g/mol. The van der Waals surface area contributed by atoms with Crippen molar-refractivity contribution in [1.82, 2.24) is 0 Å². The maximum absolute atomic E-state index is 9.55. The van der Waals surface area contributed by atoms with E-state index in [4.69, 9.17) is 10.2 Å². The fraction of sp³-hybridized carbons (Fsp3) is 0.250. The van der Waals surface area contributed by atoms with Crippen LogP contribution in [0.5, 0.6) is 0 Å². The highest BCUT2D eigenvalue weighted by atomic mass is 32.1. The quantitative estimate of drug-likeness (QED) is 0.815. The molecule has 0 aliphatic carbocycles. The van der Waals surface area contributed by atoms with E-state index in [2.05, 4.69) is 51.3 Å². The summed E-state index contributed by atoms with van der Waals surface area (Å²) in [5.41, 5.74) is 4.15. The van der Waals surface area contributed by atoms with Gasteiger partial charge in [0.05, 0.1) is 0 Å². The number of hydrogen-bond donors (Lipinski definition) is 2. The van der Waals surface area contributed by atoms with E-state index in [9.17, 15) is 9.59 Å². The molecule has 5 heteroatoms. The molecule has 0 bridgehead atoms. The summed E-state index contributed by atoms with van der Waals surface area (Å²) in [4.78, 5) is 20.5. The highest BCUT2D eigenvalue weighted by Crippen LogP contribution is 2.15. The monoisotopic (exact) mass is 308 g/mol. The Bertz CT molecular complexity index is 535. The van der Waals surface area contributed by atoms with Crippen LogP contribution in [0, 0.1) is 27.7 Å². The molecule has 114 valence electrons. The van der Waals surface area contributed by atoms with E-state index in [1.165, 1.54) is 21.6 Å². The molecule has 0 atom stereocenters. The maximum atomic E-state index is 9.55. The van der Waals surface area contributed by atoms with Crippen LogP contribution in [-0.4, -0.2) is 22.2 Å². The van der Waals surface area contributed by atoms with Crippen molar-refractivity contribution in [1.29, 1.82) is 0 Å². The Morgan fingerprint density at radius 2 is 1.48 bits per heavy atom. The highest BCUT2D eigenvalue weighted by molar-refractivity contribution is 7.09. The average Bonchev–Trinajstić information content (AvgIpc) is 2.46. The standard InChI is InChI=1S/C12H16S.C4H4O4/c1-9-7-5-6-8-13-12(4)11(3)10(9)2;5-3(6)1-2-4(7)8/h5-8H,1-4H3;1-2H,(H,5,6)(H,7,8). The topological polar surface area (TPSA) is 74.6 Å². The van der Waals surface area contributed by atoms with E-state index >= 15 is 0 Å². The Balaban J connectivity index is 0.000000433. The number of carboxylic acid groups (broad SMARTS) is 2. The first-order valence-electron chi connectivity index (χ1n) is 6.24. The molecule has 0 unspecified atom stereocenters. The first-order valence-corrected chi connectivity index (χ1v) is 7.12. The molecule has 0 saturated carbocycles. The summed E-state index contributed by atoms with van der Waals surface area (Å²) in [5, 5.41) is 17.8. The molecule has 1 rings (SSSR count). The van der Waals surface area contributed by atoms with E-state index in [1.807, 2.05) is 0 Å². The minimum Gasteiger partial charge on any atom is -0.478 e. The van der Waals surface area contributed by atoms with Crippen molar-refractivity contribution >= 4 is 23.3 Å². The predicted octanol–water partition coefficient (Wildman–Crippen LogP) is 3.82. The summed E-state index contributed by atoms with van der Waals surface area (Å²) in [5.74, 6) is -2.51. The van der Waals surface area contributed by atoms with E-state index in [1.54, 1.807) is 11.3 Å². The smallest absolute Gasteiger partial charge is 0.328 e. The lowest BCUT2D eigenvalue weighted by Crippen LogP contribution is -1.91. The van der Waals surface area contributed by atoms with Crippen LogP contribution in [0.1, 0.15) is 21.6 Å². The fourth-order valence-electron chi connectivity index (χ4n) is 1.30. The molecule has 21 heavy (non-hydrogen) atoms. The van der Waals surface area contributed by atoms with Gasteiger partial charge in [-0.15, -0.1) is 11.3 Å². The van der Waals surface area contributed by atoms with Crippen molar-refractivity contribution in [2.75, 3.05) is 0 Å². The van der Waals surface area contributed by atoms with Gasteiger partial charge in [-0.1, -0.05) is 18.2 Å². The zero-order valence-corrected chi connectivity index (χ0v) is 13.4. The van der Waals surface area contributed by atoms with Crippen LogP contribution in [0.4, 0.5) is 0 Å². The van der Waals surface area contributed by atoms with Gasteiger partial charge in [-0.2, -0.15) is 0 Å². The van der Waals surface area contributed by atoms with Gasteiger partial charge in [0.15, 0.2) is 0 Å². The minimum atomic E-state index is -1.26. The Morgan fingerprint density at radius 1 is 0.952 bits per heavy atom. The molecular formula is C16H20O4S. The molecule has 0 radical (unpaired) electrons. The summed E-state index contributed by atoms with van der Waals surface area (Å²) in [7, 11) is 0. The van der Waals surface area contributed by atoms with E-state index in [-0.39, 0.29) is 0 Å². The number of hydrogen-bond acceptors (Lipinski definition) is 3. The molecule has 0 amide bonds. The van der Waals surface area contributed by atoms with Gasteiger partial charge in [-0.3, -0.25) is 0 Å². The van der Waals surface area contributed by atoms with E-state index in [0.717, 1.165) is 0 Å². The zero-order valence-electron chi connectivity index (χ0n) is 12.6. The van der Waals surface area contributed by atoms with Crippen LogP contribution in [0.15, 0.2) is 35.7 Å². The second kappa shape index (κ2) is 9.72. The lowest BCUT2D eigenvalue weighted by Gasteiger charge is -2.00. The molecule has 0 aromatic carbocycles. The van der Waals surface area contributed by atoms with Crippen LogP contribution in [0.25, 0.3) is 0 Å². The van der Waals surface area contributed by atoms with Gasteiger partial charge in [0.1, 0.15) is 0 Å². The summed E-state index contributed by atoms with van der Waals surface area (Å²) >= 11 is 1.79. The lowest BCUT2D eigenvalue weighted by molar-refractivity contribution is -0.134. The van der Waals surface area contributed by atoms with Crippen molar-refractivity contribution in [2.24, 2.45) is 0 Å². The molecule has 0 spiro atoms. The Labute approximate surface area is 128 Å². The first-order chi connectivity index (χ1) is 9.75. The van der Waals surface area contributed by atoms with Crippen molar-refractivity contribution < 1.29 is 19.8 Å². The van der Waals surface area contributed by atoms with Gasteiger partial charge in [-0.05, 0) is 49.8 Å². The summed E-state index contributed by atoms with van der Waals surface area (Å²) in [6, 6.07) is 6.34. The van der Waals surface area contributed by atoms with Gasteiger partial charge in [0.25, 0.3) is 0 Å². The van der Waals surface area contributed by atoms with Crippen molar-refractivity contribution in [3.63, 3.8) is 0 Å². The zero-order chi connectivity index (χ0) is 16.4. The van der Waals surface area contributed by atoms with E-state index in [0.29, 0.717) is 12.2 Å². The molecule has 1 aromatic heterocycles. The maximum Gasteiger partial charge on any atom is 0.328 e. The molecule has 4 nitrogen and oxygen atoms in total. The molecule has 1 aromatic rings. The van der Waals surface area contributed by atoms with Crippen LogP contribution in [0.3, 0.4) is 0 Å². The highest BCUT2D eigenvalue weighted by Gasteiger charge is 1.95. The number of aliphatic carboxylic acids is 2. The summed E-state index contributed by atoms with van der Waals surface area (Å²) in [6.45, 7) is 8.71. The number of carbonyl (C=O) groups is 2. The summed E-state index contributed by atoms with van der Waals surface area (Å²) < 4.78 is 0. The lowest BCUT2D eigenvalue weighted by atomic mass is 10.1. The number of rotatable bonds is 2. The molecule has 0 aliphatic rings. The first kappa shape index (κ1) is 18.9. The average molecular weight is 308 g/mol. The third kappa shape index (κ3) is 8.60. The third-order valence-corrected chi connectivity index (χ3v) is 3.78. The molecule has 2 N–H and O–H groups in total. The van der Waals surface area contributed by atoms with E-state index < -0.39 is 11.9 Å². The van der Waals surface area contributed by atoms with Gasteiger partial charge >= 0.3 is 11.9 Å². The van der Waals surface area contributed by atoms with Crippen LogP contribution >= 0.6 is 11.3 Å². The van der Waals surface area contributed by atoms with Crippen LogP contribution in [0.2, 0.25) is 0 Å². The number of carboxylic acids is 2. The molecule has 0 saturated heterocycles. The van der Waals surface area contributed by atoms with Crippen molar-refractivity contribution in [3.8, 4) is 0 Å². The van der Waals surface area contributed by atoms with Gasteiger partial charge in [-0.25, -0.2) is 9.59 Å². The minimum absolute atomic E-state index is 0.558. The largest absolute Gasteiger partial charge is 0.478 e. The van der Waals surface area contributed by atoms with Gasteiger partial charge < -0.3 is 10.2 Å². The second-order valence-corrected chi connectivity index (χ2v) is 5.42. The van der Waals surface area contributed by atoms with Crippen molar-refractivity contribution in [3.05, 3.63) is 57.3 Å². The Kier molecular flexibility index (Phi) is 8.73. The van der Waals surface area contributed by atoms with Crippen LogP contribution in [-0.2, 0) is 9.59 Å². The SMILES string of the molecule is Cc1ccccsc(C)c(C)c1C.O=C(O)C=CC(=O)O. The Morgan fingerprint density at radius 3 is 1.95 bits per heavy atom. The number of aryl methyl sites for hydroxylation is 2. The van der Waals surface area contributed by atoms with Gasteiger partial charge in [0.2, 0.25) is 0 Å². The summed E-state index contributed by atoms with van der Waals surface area (Å²) in [6.07, 6.45) is 1.12. The normalized spacial score (nSPS) is 9.52. The molecule has 1 heterocycles. The predicted molar refractivity (Wildman–Crippen MR) is 85.3 cm³/mol. The molecule has 0 aliphatic heterocycles. The Hall–Kier alpha value is -2.14. The van der Waals surface area contributed by atoms with Crippen molar-refractivity contribution in [2.45, 2.75) is 27.7 Å². The van der Waals surface area contributed by atoms with Crippen LogP contribution < -0.4 is 0 Å². The second-order valence-electron chi connectivity index (χ2n) is 4.30. The fourth-order valence-corrected chi connectivity index (χ4v) is 2.01.